The summed E-state index contributed by atoms with van der Waals surface area (Å²) in [5.74, 6) is 1.60. The second kappa shape index (κ2) is 6.21. The minimum Gasteiger partial charge on any atom is -0.325 e. The molecule has 0 bridgehead atoms. The highest BCUT2D eigenvalue weighted by atomic mass is 32.2. The largest absolute Gasteiger partial charge is 0.325 e. The molecular formula is C12H19N3O2S2. The number of aromatic nitrogens is 1. The Morgan fingerprint density at radius 3 is 3.05 bits per heavy atom. The molecular weight excluding hydrogens is 282 g/mol. The van der Waals surface area contributed by atoms with E-state index >= 15 is 0 Å². The van der Waals surface area contributed by atoms with Gasteiger partial charge in [0.05, 0.1) is 5.69 Å². The first kappa shape index (κ1) is 14.8. The van der Waals surface area contributed by atoms with Crippen LogP contribution in [0.5, 0.6) is 0 Å². The van der Waals surface area contributed by atoms with Gasteiger partial charge in [-0.25, -0.2) is 8.42 Å². The topological polar surface area (TPSA) is 76.3 Å². The van der Waals surface area contributed by atoms with Gasteiger partial charge in [0, 0.05) is 43.6 Å². The maximum Gasteiger partial charge on any atom is 0.164 e. The van der Waals surface area contributed by atoms with E-state index in [4.69, 9.17) is 5.73 Å². The maximum atomic E-state index is 11.8. The number of pyridine rings is 1. The van der Waals surface area contributed by atoms with Crippen LogP contribution >= 0.6 is 11.8 Å². The Labute approximate surface area is 118 Å². The summed E-state index contributed by atoms with van der Waals surface area (Å²) in [6.07, 6.45) is 3.02. The van der Waals surface area contributed by atoms with Crippen LogP contribution in [-0.2, 0) is 22.9 Å². The van der Waals surface area contributed by atoms with Crippen molar-refractivity contribution in [3.63, 3.8) is 0 Å². The van der Waals surface area contributed by atoms with Gasteiger partial charge in [0.2, 0.25) is 0 Å². The van der Waals surface area contributed by atoms with Crippen LogP contribution in [0.25, 0.3) is 0 Å². The van der Waals surface area contributed by atoms with Gasteiger partial charge in [-0.05, 0) is 11.6 Å². The molecule has 0 aromatic carbocycles. The summed E-state index contributed by atoms with van der Waals surface area (Å²) in [5.41, 5.74) is 7.53. The number of nitrogens with two attached hydrogens (primary N) is 1. The van der Waals surface area contributed by atoms with E-state index in [9.17, 15) is 8.42 Å². The highest BCUT2D eigenvalue weighted by molar-refractivity contribution is 8.00. The second-order valence-electron chi connectivity index (χ2n) is 4.64. The molecule has 19 heavy (non-hydrogen) atoms. The van der Waals surface area contributed by atoms with Crippen molar-refractivity contribution in [3.05, 3.63) is 29.6 Å². The van der Waals surface area contributed by atoms with Crippen LogP contribution in [0.2, 0.25) is 0 Å². The van der Waals surface area contributed by atoms with Crippen molar-refractivity contribution < 1.29 is 8.42 Å². The fourth-order valence-electron chi connectivity index (χ4n) is 2.21. The average Bonchev–Trinajstić information content (AvgIpc) is 2.39. The molecule has 1 unspecified atom stereocenters. The van der Waals surface area contributed by atoms with E-state index in [2.05, 4.69) is 4.98 Å². The minimum atomic E-state index is -3.06. The van der Waals surface area contributed by atoms with Gasteiger partial charge >= 0.3 is 0 Å². The smallest absolute Gasteiger partial charge is 0.164 e. The zero-order valence-corrected chi connectivity index (χ0v) is 12.6. The van der Waals surface area contributed by atoms with Gasteiger partial charge < -0.3 is 5.73 Å². The molecule has 0 radical (unpaired) electrons. The second-order valence-corrected chi connectivity index (χ2v) is 8.00. The molecule has 1 fully saturated rings. The Balaban J connectivity index is 2.20. The number of hydrogen-bond acceptors (Lipinski definition) is 6. The summed E-state index contributed by atoms with van der Waals surface area (Å²) in [6.45, 7) is 1.75. The van der Waals surface area contributed by atoms with Crippen LogP contribution in [0, 0.1) is 0 Å². The molecule has 7 heteroatoms. The van der Waals surface area contributed by atoms with E-state index in [1.54, 1.807) is 18.0 Å². The summed E-state index contributed by atoms with van der Waals surface area (Å²) in [6, 6.07) is 3.83. The number of sulfone groups is 1. The third-order valence-electron chi connectivity index (χ3n) is 3.24. The predicted octanol–water partition coefficient (Wildman–Crippen LogP) is 0.460. The molecule has 1 aromatic heterocycles. The molecule has 1 saturated heterocycles. The number of thioether (sulfide) groups is 1. The Kier molecular flexibility index (Phi) is 4.83. The highest BCUT2D eigenvalue weighted by Crippen LogP contribution is 2.22. The Morgan fingerprint density at radius 2 is 2.37 bits per heavy atom. The lowest BCUT2D eigenvalue weighted by Crippen LogP contribution is -2.46. The molecule has 1 atom stereocenters. The molecule has 0 aliphatic carbocycles. The Morgan fingerprint density at radius 1 is 1.58 bits per heavy atom. The van der Waals surface area contributed by atoms with Crippen molar-refractivity contribution in [2.75, 3.05) is 24.3 Å². The van der Waals surface area contributed by atoms with Crippen molar-refractivity contribution in [3.8, 4) is 0 Å². The van der Waals surface area contributed by atoms with Crippen molar-refractivity contribution >= 4 is 21.6 Å². The molecule has 2 rings (SSSR count). The monoisotopic (exact) mass is 301 g/mol. The van der Waals surface area contributed by atoms with Crippen molar-refractivity contribution in [2.24, 2.45) is 5.73 Å². The third-order valence-corrected chi connectivity index (χ3v) is 5.92. The van der Waals surface area contributed by atoms with Crippen molar-refractivity contribution in [2.45, 2.75) is 18.5 Å². The number of hydrogen-bond donors (Lipinski definition) is 1. The van der Waals surface area contributed by atoms with Crippen molar-refractivity contribution in [1.82, 2.24) is 9.88 Å². The van der Waals surface area contributed by atoms with E-state index in [0.29, 0.717) is 18.8 Å². The van der Waals surface area contributed by atoms with Crippen LogP contribution < -0.4 is 5.73 Å². The fourth-order valence-corrected chi connectivity index (χ4v) is 5.15. The molecule has 1 aliphatic rings. The van der Waals surface area contributed by atoms with E-state index in [1.165, 1.54) is 6.26 Å². The molecule has 5 nitrogen and oxygen atoms in total. The lowest BCUT2D eigenvalue weighted by molar-refractivity contribution is 0.261. The van der Waals surface area contributed by atoms with Gasteiger partial charge in [-0.15, -0.1) is 0 Å². The molecule has 1 aromatic rings. The van der Waals surface area contributed by atoms with Crippen LogP contribution in [0.15, 0.2) is 18.3 Å². The van der Waals surface area contributed by atoms with Crippen LogP contribution in [-0.4, -0.2) is 48.0 Å². The molecule has 0 amide bonds. The summed E-state index contributed by atoms with van der Waals surface area (Å²) in [4.78, 5) is 6.26. The minimum absolute atomic E-state index is 0.377. The maximum absolute atomic E-state index is 11.8. The third kappa shape index (κ3) is 3.68. The summed E-state index contributed by atoms with van der Waals surface area (Å²) in [5, 5.41) is -0.405. The average molecular weight is 301 g/mol. The quantitative estimate of drug-likeness (QED) is 0.871. The molecule has 2 heterocycles. The van der Waals surface area contributed by atoms with Crippen LogP contribution in [0.4, 0.5) is 0 Å². The first-order chi connectivity index (χ1) is 9.02. The zero-order valence-electron chi connectivity index (χ0n) is 10.9. The number of nitrogens with zero attached hydrogens (tertiary/aromatic N) is 2. The van der Waals surface area contributed by atoms with Crippen LogP contribution in [0.1, 0.15) is 11.3 Å². The van der Waals surface area contributed by atoms with Gasteiger partial charge in [0.1, 0.15) is 5.37 Å². The van der Waals surface area contributed by atoms with Crippen molar-refractivity contribution in [1.29, 1.82) is 0 Å². The SMILES string of the molecule is CS(=O)(=O)C1CSCCN1Cc1cccnc1CN. The fraction of sp³-hybridized carbons (Fsp3) is 0.583. The van der Waals surface area contributed by atoms with Gasteiger partial charge in [0.15, 0.2) is 9.84 Å². The normalized spacial score (nSPS) is 21.5. The first-order valence-electron chi connectivity index (χ1n) is 6.16. The number of rotatable bonds is 4. The molecule has 0 saturated carbocycles. The van der Waals surface area contributed by atoms with Gasteiger partial charge in [-0.2, -0.15) is 11.8 Å². The highest BCUT2D eigenvalue weighted by Gasteiger charge is 2.31. The lowest BCUT2D eigenvalue weighted by Gasteiger charge is -2.34. The summed E-state index contributed by atoms with van der Waals surface area (Å²) in [7, 11) is -3.06. The summed E-state index contributed by atoms with van der Waals surface area (Å²) >= 11 is 1.69. The van der Waals surface area contributed by atoms with Gasteiger partial charge in [0.25, 0.3) is 0 Å². The predicted molar refractivity (Wildman–Crippen MR) is 78.5 cm³/mol. The zero-order chi connectivity index (χ0) is 13.9. The molecule has 0 spiro atoms. The van der Waals surface area contributed by atoms with E-state index in [1.807, 2.05) is 17.0 Å². The van der Waals surface area contributed by atoms with E-state index in [-0.39, 0.29) is 0 Å². The first-order valence-corrected chi connectivity index (χ1v) is 9.27. The molecule has 1 aliphatic heterocycles. The van der Waals surface area contributed by atoms with Gasteiger partial charge in [-0.1, -0.05) is 6.07 Å². The standard InChI is InChI=1S/C12H19N3O2S2/c1-19(16,17)12-9-18-6-5-15(12)8-10-3-2-4-14-11(10)7-13/h2-4,12H,5-9,13H2,1H3. The van der Waals surface area contributed by atoms with Crippen LogP contribution in [0.3, 0.4) is 0 Å². The van der Waals surface area contributed by atoms with E-state index < -0.39 is 15.2 Å². The lowest BCUT2D eigenvalue weighted by atomic mass is 10.2. The molecule has 106 valence electrons. The van der Waals surface area contributed by atoms with E-state index in [0.717, 1.165) is 23.6 Å². The summed E-state index contributed by atoms with van der Waals surface area (Å²) < 4.78 is 23.7. The Hall–Kier alpha value is -0.630. The van der Waals surface area contributed by atoms with Gasteiger partial charge in [-0.3, -0.25) is 9.88 Å². The Bertz CT molecular complexity index is 534. The molecule has 2 N–H and O–H groups in total.